The van der Waals surface area contributed by atoms with Crippen LogP contribution in [0, 0.1) is 5.92 Å². The molecule has 0 unspecified atom stereocenters. The molecule has 10 nitrogen and oxygen atoms in total. The van der Waals surface area contributed by atoms with E-state index in [1.807, 2.05) is 45.0 Å². The molecule has 1 aromatic heterocycles. The molecule has 0 spiro atoms. The minimum Gasteiger partial charge on any atom is -0.480 e. The van der Waals surface area contributed by atoms with Crippen LogP contribution in [0.4, 0.5) is 5.69 Å². The Morgan fingerprint density at radius 1 is 1.18 bits per heavy atom. The van der Waals surface area contributed by atoms with Crippen LogP contribution >= 0.6 is 0 Å². The number of carboxylic acids is 1. The molecule has 0 aliphatic heterocycles. The average Bonchev–Trinajstić information content (AvgIpc) is 3.27. The van der Waals surface area contributed by atoms with Gasteiger partial charge in [0, 0.05) is 51.1 Å². The Morgan fingerprint density at radius 2 is 1.85 bits per heavy atom. The molecule has 180 valence electrons. The standard InChI is InChI=1S/C23H34N6O4/c1-15(2)11-20(23(32)33)29(22(31)19(24)12-17-13-25-14-27-17)10-9-26-21(30)16-5-7-18(8-6-16)28(3)4/h5-8,13-15,19-20H,9-12,24H2,1-4H3,(H,25,27)(H,26,30)(H,32,33)/t19-,20-/m0/s1. The molecule has 0 fully saturated rings. The normalized spacial score (nSPS) is 12.8. The number of rotatable bonds is 12. The summed E-state index contributed by atoms with van der Waals surface area (Å²) in [5, 5.41) is 12.6. The van der Waals surface area contributed by atoms with E-state index in [1.54, 1.807) is 18.3 Å². The zero-order valence-electron chi connectivity index (χ0n) is 19.6. The number of nitrogens with one attached hydrogen (secondary N) is 2. The topological polar surface area (TPSA) is 145 Å². The second kappa shape index (κ2) is 12.0. The van der Waals surface area contributed by atoms with Gasteiger partial charge in [-0.3, -0.25) is 9.59 Å². The number of carboxylic acid groups (broad SMARTS) is 1. The first-order valence-electron chi connectivity index (χ1n) is 10.9. The third-order valence-electron chi connectivity index (χ3n) is 5.22. The van der Waals surface area contributed by atoms with Gasteiger partial charge in [0.15, 0.2) is 0 Å². The predicted octanol–water partition coefficient (Wildman–Crippen LogP) is 1.10. The van der Waals surface area contributed by atoms with Crippen molar-refractivity contribution >= 4 is 23.5 Å². The fourth-order valence-electron chi connectivity index (χ4n) is 3.46. The number of aromatic nitrogens is 2. The first kappa shape index (κ1) is 25.9. The molecule has 5 N–H and O–H groups in total. The van der Waals surface area contributed by atoms with Crippen molar-refractivity contribution in [2.75, 3.05) is 32.1 Å². The van der Waals surface area contributed by atoms with Gasteiger partial charge in [-0.1, -0.05) is 13.8 Å². The Morgan fingerprint density at radius 3 is 2.36 bits per heavy atom. The first-order chi connectivity index (χ1) is 15.6. The Labute approximate surface area is 194 Å². The van der Waals surface area contributed by atoms with Gasteiger partial charge in [0.05, 0.1) is 18.1 Å². The lowest BCUT2D eigenvalue weighted by Gasteiger charge is -2.32. The molecule has 0 radical (unpaired) electrons. The molecule has 1 heterocycles. The number of benzene rings is 1. The summed E-state index contributed by atoms with van der Waals surface area (Å²) in [6.45, 7) is 3.90. The maximum atomic E-state index is 13.1. The van der Waals surface area contributed by atoms with Crippen molar-refractivity contribution in [2.24, 2.45) is 11.7 Å². The van der Waals surface area contributed by atoms with Crippen molar-refractivity contribution < 1.29 is 19.5 Å². The number of H-pyrrole nitrogens is 1. The molecule has 2 aromatic rings. The molecule has 10 heteroatoms. The number of carbonyl (C=O) groups is 3. The fraction of sp³-hybridized carbons (Fsp3) is 0.478. The minimum atomic E-state index is -1.10. The maximum absolute atomic E-state index is 13.1. The summed E-state index contributed by atoms with van der Waals surface area (Å²) in [4.78, 5) is 47.7. The number of aromatic amines is 1. The molecule has 0 bridgehead atoms. The van der Waals surface area contributed by atoms with Gasteiger partial charge < -0.3 is 30.9 Å². The van der Waals surface area contributed by atoms with Gasteiger partial charge in [0.25, 0.3) is 5.91 Å². The second-order valence-electron chi connectivity index (χ2n) is 8.58. The van der Waals surface area contributed by atoms with E-state index in [0.29, 0.717) is 11.3 Å². The van der Waals surface area contributed by atoms with Crippen LogP contribution < -0.4 is 16.0 Å². The summed E-state index contributed by atoms with van der Waals surface area (Å²) in [7, 11) is 3.82. The summed E-state index contributed by atoms with van der Waals surface area (Å²) in [5.41, 5.74) is 8.16. The number of amides is 2. The van der Waals surface area contributed by atoms with Gasteiger partial charge in [0.2, 0.25) is 5.91 Å². The zero-order chi connectivity index (χ0) is 24.5. The molecule has 33 heavy (non-hydrogen) atoms. The molecule has 1 aromatic carbocycles. The number of carbonyl (C=O) groups excluding carboxylic acids is 2. The molecule has 0 saturated heterocycles. The largest absolute Gasteiger partial charge is 0.480 e. The molecule has 0 saturated carbocycles. The monoisotopic (exact) mass is 458 g/mol. The minimum absolute atomic E-state index is 0.0261. The van der Waals surface area contributed by atoms with Crippen LogP contribution in [0.25, 0.3) is 0 Å². The third kappa shape index (κ3) is 7.60. The van der Waals surface area contributed by atoms with Gasteiger partial charge in [-0.25, -0.2) is 9.78 Å². The molecule has 2 atom stereocenters. The summed E-state index contributed by atoms with van der Waals surface area (Å²) < 4.78 is 0. The van der Waals surface area contributed by atoms with Gasteiger partial charge in [0.1, 0.15) is 6.04 Å². The Kier molecular flexibility index (Phi) is 9.41. The maximum Gasteiger partial charge on any atom is 0.326 e. The van der Waals surface area contributed by atoms with Crippen molar-refractivity contribution in [1.82, 2.24) is 20.2 Å². The number of aliphatic carboxylic acids is 1. The van der Waals surface area contributed by atoms with Crippen LogP contribution in [-0.4, -0.2) is 77.0 Å². The highest BCUT2D eigenvalue weighted by molar-refractivity contribution is 5.94. The smallest absolute Gasteiger partial charge is 0.326 e. The molecular weight excluding hydrogens is 424 g/mol. The van der Waals surface area contributed by atoms with Crippen LogP contribution in [0.15, 0.2) is 36.8 Å². The van der Waals surface area contributed by atoms with Crippen LogP contribution in [0.3, 0.4) is 0 Å². The number of hydrogen-bond donors (Lipinski definition) is 4. The molecular formula is C23H34N6O4. The Bertz CT molecular complexity index is 912. The second-order valence-corrected chi connectivity index (χ2v) is 8.58. The van der Waals surface area contributed by atoms with Crippen molar-refractivity contribution in [3.63, 3.8) is 0 Å². The first-order valence-corrected chi connectivity index (χ1v) is 10.9. The lowest BCUT2D eigenvalue weighted by Crippen LogP contribution is -2.54. The van der Waals surface area contributed by atoms with E-state index in [9.17, 15) is 19.5 Å². The quantitative estimate of drug-likeness (QED) is 0.373. The van der Waals surface area contributed by atoms with Crippen LogP contribution in [-0.2, 0) is 16.0 Å². The van der Waals surface area contributed by atoms with Gasteiger partial charge >= 0.3 is 5.97 Å². The van der Waals surface area contributed by atoms with Crippen molar-refractivity contribution in [3.05, 3.63) is 48.0 Å². The zero-order valence-corrected chi connectivity index (χ0v) is 19.6. The molecule has 2 rings (SSSR count). The highest BCUT2D eigenvalue weighted by atomic mass is 16.4. The summed E-state index contributed by atoms with van der Waals surface area (Å²) in [6.07, 6.45) is 3.58. The summed E-state index contributed by atoms with van der Waals surface area (Å²) in [5.74, 6) is -1.84. The van der Waals surface area contributed by atoms with Gasteiger partial charge in [-0.15, -0.1) is 0 Å². The van der Waals surface area contributed by atoms with Crippen molar-refractivity contribution in [3.8, 4) is 0 Å². The van der Waals surface area contributed by atoms with Crippen molar-refractivity contribution in [1.29, 1.82) is 0 Å². The summed E-state index contributed by atoms with van der Waals surface area (Å²) in [6, 6.07) is 5.11. The SMILES string of the molecule is CC(C)C[C@@H](C(=O)O)N(CCNC(=O)c1ccc(N(C)C)cc1)C(=O)[C@@H](N)Cc1c[nH]cn1. The van der Waals surface area contributed by atoms with Crippen LogP contribution in [0.1, 0.15) is 36.3 Å². The lowest BCUT2D eigenvalue weighted by molar-refractivity contribution is -0.151. The number of nitrogens with two attached hydrogens (primary N) is 1. The number of imidazole rings is 1. The van der Waals surface area contributed by atoms with E-state index in [1.165, 1.54) is 11.2 Å². The van der Waals surface area contributed by atoms with Gasteiger partial charge in [-0.2, -0.15) is 0 Å². The fourth-order valence-corrected chi connectivity index (χ4v) is 3.46. The van der Waals surface area contributed by atoms with E-state index < -0.39 is 24.0 Å². The van der Waals surface area contributed by atoms with Crippen LogP contribution in [0.5, 0.6) is 0 Å². The molecule has 0 aliphatic carbocycles. The van der Waals surface area contributed by atoms with Gasteiger partial charge in [-0.05, 0) is 36.6 Å². The van der Waals surface area contributed by atoms with E-state index in [-0.39, 0.29) is 37.8 Å². The number of anilines is 1. The van der Waals surface area contributed by atoms with E-state index >= 15 is 0 Å². The number of hydrogen-bond acceptors (Lipinski definition) is 6. The highest BCUT2D eigenvalue weighted by Gasteiger charge is 2.33. The number of nitrogens with zero attached hydrogens (tertiary/aromatic N) is 3. The lowest BCUT2D eigenvalue weighted by atomic mass is 10.0. The van der Waals surface area contributed by atoms with E-state index in [2.05, 4.69) is 15.3 Å². The van der Waals surface area contributed by atoms with E-state index in [0.717, 1.165) is 5.69 Å². The van der Waals surface area contributed by atoms with Crippen LogP contribution in [0.2, 0.25) is 0 Å². The van der Waals surface area contributed by atoms with Crippen molar-refractivity contribution in [2.45, 2.75) is 38.8 Å². The predicted molar refractivity (Wildman–Crippen MR) is 126 cm³/mol. The van der Waals surface area contributed by atoms with E-state index in [4.69, 9.17) is 5.73 Å². The Balaban J connectivity index is 2.09. The molecule has 2 amide bonds. The third-order valence-corrected chi connectivity index (χ3v) is 5.22. The average molecular weight is 459 g/mol. The highest BCUT2D eigenvalue weighted by Crippen LogP contribution is 2.15. The molecule has 0 aliphatic rings. The summed E-state index contributed by atoms with van der Waals surface area (Å²) >= 11 is 0. The Hall–Kier alpha value is -3.40.